The standard InChI is InChI=1S/C15H22N2O4S/c1-11-3-4-12(2)14(9-11)21-7-6-16-15(18)17-13-5-8-22(19,20)10-13/h3-4,9,13H,5-8,10H2,1-2H3,(H2,16,17,18). The Kier molecular flexibility index (Phi) is 5.28. The zero-order chi connectivity index (χ0) is 16.2. The third kappa shape index (κ3) is 4.91. The van der Waals surface area contributed by atoms with Crippen LogP contribution in [0.5, 0.6) is 5.75 Å². The van der Waals surface area contributed by atoms with Gasteiger partial charge >= 0.3 is 6.03 Å². The number of amides is 2. The molecule has 2 N–H and O–H groups in total. The lowest BCUT2D eigenvalue weighted by Gasteiger charge is -2.13. The Morgan fingerprint density at radius 2 is 2.14 bits per heavy atom. The van der Waals surface area contributed by atoms with E-state index in [4.69, 9.17) is 4.74 Å². The molecule has 7 heteroatoms. The smallest absolute Gasteiger partial charge is 0.315 e. The first-order chi connectivity index (χ1) is 10.4. The highest BCUT2D eigenvalue weighted by molar-refractivity contribution is 7.91. The number of ether oxygens (including phenoxy) is 1. The van der Waals surface area contributed by atoms with E-state index in [2.05, 4.69) is 10.6 Å². The van der Waals surface area contributed by atoms with Gasteiger partial charge in [-0.05, 0) is 37.5 Å². The van der Waals surface area contributed by atoms with E-state index in [-0.39, 0.29) is 23.6 Å². The summed E-state index contributed by atoms with van der Waals surface area (Å²) in [6.45, 7) is 4.68. The molecule has 0 saturated carbocycles. The Morgan fingerprint density at radius 3 is 2.82 bits per heavy atom. The van der Waals surface area contributed by atoms with E-state index in [0.29, 0.717) is 19.6 Å². The van der Waals surface area contributed by atoms with Gasteiger partial charge in [0, 0.05) is 6.04 Å². The summed E-state index contributed by atoms with van der Waals surface area (Å²) in [6.07, 6.45) is 0.481. The fourth-order valence-electron chi connectivity index (χ4n) is 2.33. The zero-order valence-electron chi connectivity index (χ0n) is 12.9. The molecular formula is C15H22N2O4S. The first-order valence-electron chi connectivity index (χ1n) is 7.30. The lowest BCUT2D eigenvalue weighted by Crippen LogP contribution is -2.43. The van der Waals surface area contributed by atoms with Gasteiger partial charge in [0.1, 0.15) is 12.4 Å². The van der Waals surface area contributed by atoms with Gasteiger partial charge in [0.2, 0.25) is 0 Å². The summed E-state index contributed by atoms with van der Waals surface area (Å²) >= 11 is 0. The summed E-state index contributed by atoms with van der Waals surface area (Å²) in [7, 11) is -2.98. The van der Waals surface area contributed by atoms with E-state index >= 15 is 0 Å². The summed E-state index contributed by atoms with van der Waals surface area (Å²) in [5.41, 5.74) is 2.17. The molecule has 1 unspecified atom stereocenters. The summed E-state index contributed by atoms with van der Waals surface area (Å²) in [4.78, 5) is 11.7. The van der Waals surface area contributed by atoms with Crippen LogP contribution in [0.25, 0.3) is 0 Å². The highest BCUT2D eigenvalue weighted by Crippen LogP contribution is 2.18. The summed E-state index contributed by atoms with van der Waals surface area (Å²) in [5.74, 6) is 0.983. The molecule has 1 atom stereocenters. The maximum absolute atomic E-state index is 11.7. The number of aryl methyl sites for hydroxylation is 2. The quantitative estimate of drug-likeness (QED) is 0.796. The van der Waals surface area contributed by atoms with Crippen LogP contribution in [0.15, 0.2) is 18.2 Å². The van der Waals surface area contributed by atoms with Crippen molar-refractivity contribution in [3.8, 4) is 5.75 Å². The number of sulfone groups is 1. The Balaban J connectivity index is 1.68. The molecule has 122 valence electrons. The number of hydrogen-bond donors (Lipinski definition) is 2. The maximum atomic E-state index is 11.7. The van der Waals surface area contributed by atoms with Crippen molar-refractivity contribution in [3.05, 3.63) is 29.3 Å². The van der Waals surface area contributed by atoms with Gasteiger partial charge in [-0.15, -0.1) is 0 Å². The molecule has 0 radical (unpaired) electrons. The van der Waals surface area contributed by atoms with Crippen LogP contribution in [-0.2, 0) is 9.84 Å². The molecule has 2 rings (SSSR count). The van der Waals surface area contributed by atoms with Gasteiger partial charge < -0.3 is 15.4 Å². The summed E-state index contributed by atoms with van der Waals surface area (Å²) in [5, 5.41) is 5.34. The van der Waals surface area contributed by atoms with Crippen molar-refractivity contribution in [2.45, 2.75) is 26.3 Å². The number of rotatable bonds is 5. The fourth-order valence-corrected chi connectivity index (χ4v) is 4.01. The number of nitrogens with one attached hydrogen (secondary N) is 2. The predicted molar refractivity (Wildman–Crippen MR) is 85.0 cm³/mol. The molecule has 1 aliphatic heterocycles. The van der Waals surface area contributed by atoms with Crippen LogP contribution in [0.1, 0.15) is 17.5 Å². The van der Waals surface area contributed by atoms with Gasteiger partial charge in [-0.2, -0.15) is 0 Å². The van der Waals surface area contributed by atoms with Crippen molar-refractivity contribution < 1.29 is 17.9 Å². The molecule has 6 nitrogen and oxygen atoms in total. The molecule has 0 spiro atoms. The average molecular weight is 326 g/mol. The normalized spacial score (nSPS) is 19.6. The molecule has 1 aliphatic rings. The summed E-state index contributed by atoms with van der Waals surface area (Å²) < 4.78 is 28.2. The Bertz CT molecular complexity index is 643. The van der Waals surface area contributed by atoms with E-state index in [1.807, 2.05) is 32.0 Å². The first-order valence-corrected chi connectivity index (χ1v) is 9.13. The Morgan fingerprint density at radius 1 is 1.36 bits per heavy atom. The molecule has 1 saturated heterocycles. The number of hydrogen-bond acceptors (Lipinski definition) is 4. The second kappa shape index (κ2) is 7.00. The minimum atomic E-state index is -2.98. The van der Waals surface area contributed by atoms with Gasteiger partial charge in [-0.1, -0.05) is 12.1 Å². The lowest BCUT2D eigenvalue weighted by atomic mass is 10.1. The Hall–Kier alpha value is -1.76. The second-order valence-electron chi connectivity index (χ2n) is 5.62. The topological polar surface area (TPSA) is 84.5 Å². The van der Waals surface area contributed by atoms with Gasteiger partial charge in [0.15, 0.2) is 9.84 Å². The molecule has 0 aromatic heterocycles. The van der Waals surface area contributed by atoms with Gasteiger partial charge in [0.05, 0.1) is 18.1 Å². The Labute approximate surface area is 131 Å². The highest BCUT2D eigenvalue weighted by atomic mass is 32.2. The monoisotopic (exact) mass is 326 g/mol. The van der Waals surface area contributed by atoms with Crippen LogP contribution >= 0.6 is 0 Å². The lowest BCUT2D eigenvalue weighted by molar-refractivity contribution is 0.233. The average Bonchev–Trinajstić information content (AvgIpc) is 2.77. The molecule has 1 fully saturated rings. The zero-order valence-corrected chi connectivity index (χ0v) is 13.7. The van der Waals surface area contributed by atoms with Gasteiger partial charge in [0.25, 0.3) is 0 Å². The van der Waals surface area contributed by atoms with Crippen LogP contribution in [0.3, 0.4) is 0 Å². The molecular weight excluding hydrogens is 304 g/mol. The van der Waals surface area contributed by atoms with Gasteiger partial charge in [-0.25, -0.2) is 13.2 Å². The minimum absolute atomic E-state index is 0.0272. The number of benzene rings is 1. The van der Waals surface area contributed by atoms with Crippen LogP contribution in [0, 0.1) is 13.8 Å². The van der Waals surface area contributed by atoms with E-state index in [1.54, 1.807) is 0 Å². The number of carbonyl (C=O) groups is 1. The second-order valence-corrected chi connectivity index (χ2v) is 7.85. The SMILES string of the molecule is Cc1ccc(C)c(OCCNC(=O)NC2CCS(=O)(=O)C2)c1. The van der Waals surface area contributed by atoms with E-state index < -0.39 is 9.84 Å². The van der Waals surface area contributed by atoms with E-state index in [1.165, 1.54) is 0 Å². The fraction of sp³-hybridized carbons (Fsp3) is 0.533. The van der Waals surface area contributed by atoms with Crippen molar-refractivity contribution in [3.63, 3.8) is 0 Å². The van der Waals surface area contributed by atoms with Crippen LogP contribution in [0.4, 0.5) is 4.79 Å². The van der Waals surface area contributed by atoms with Crippen molar-refractivity contribution in [1.82, 2.24) is 10.6 Å². The first kappa shape index (κ1) is 16.6. The van der Waals surface area contributed by atoms with Crippen LogP contribution in [0.2, 0.25) is 0 Å². The number of urea groups is 1. The van der Waals surface area contributed by atoms with E-state index in [9.17, 15) is 13.2 Å². The maximum Gasteiger partial charge on any atom is 0.315 e. The number of carbonyl (C=O) groups excluding carboxylic acids is 1. The third-order valence-corrected chi connectivity index (χ3v) is 5.32. The van der Waals surface area contributed by atoms with Crippen LogP contribution < -0.4 is 15.4 Å². The van der Waals surface area contributed by atoms with Gasteiger partial charge in [-0.3, -0.25) is 0 Å². The predicted octanol–water partition coefficient (Wildman–Crippen LogP) is 1.17. The molecule has 2 amide bonds. The molecule has 0 bridgehead atoms. The largest absolute Gasteiger partial charge is 0.491 e. The van der Waals surface area contributed by atoms with Crippen molar-refractivity contribution in [2.24, 2.45) is 0 Å². The van der Waals surface area contributed by atoms with Crippen molar-refractivity contribution >= 4 is 15.9 Å². The minimum Gasteiger partial charge on any atom is -0.491 e. The molecule has 1 heterocycles. The molecule has 22 heavy (non-hydrogen) atoms. The molecule has 0 aliphatic carbocycles. The summed E-state index contributed by atoms with van der Waals surface area (Å²) in [6, 6.07) is 5.32. The molecule has 1 aromatic rings. The third-order valence-electron chi connectivity index (χ3n) is 3.56. The van der Waals surface area contributed by atoms with Crippen LogP contribution in [-0.4, -0.2) is 45.1 Å². The van der Waals surface area contributed by atoms with Crippen molar-refractivity contribution in [1.29, 1.82) is 0 Å². The van der Waals surface area contributed by atoms with Crippen molar-refractivity contribution in [2.75, 3.05) is 24.7 Å². The van der Waals surface area contributed by atoms with E-state index in [0.717, 1.165) is 16.9 Å². The highest BCUT2D eigenvalue weighted by Gasteiger charge is 2.28. The molecule has 1 aromatic carbocycles.